The van der Waals surface area contributed by atoms with Gasteiger partial charge in [0.15, 0.2) is 0 Å². The number of fused-ring (bicyclic) bond motifs is 1. The number of aromatic nitrogens is 3. The molecular weight excluding hydrogens is 518 g/mol. The molecular formula is C31H29N7O3. The molecule has 0 aliphatic rings. The zero-order chi connectivity index (χ0) is 29.3. The first-order chi connectivity index (χ1) is 19.6. The molecule has 0 aliphatic heterocycles. The summed E-state index contributed by atoms with van der Waals surface area (Å²) in [5.74, 6) is -0.437. The highest BCUT2D eigenvalue weighted by atomic mass is 16.2. The topological polar surface area (TPSA) is 144 Å². The highest BCUT2D eigenvalue weighted by molar-refractivity contribution is 6.09. The summed E-state index contributed by atoms with van der Waals surface area (Å²) in [5.41, 5.74) is 12.4. The molecule has 0 bridgehead atoms. The van der Waals surface area contributed by atoms with Gasteiger partial charge in [-0.05, 0) is 85.6 Å². The molecule has 10 heteroatoms. The number of carbonyl (C=O) groups is 3. The van der Waals surface area contributed by atoms with Gasteiger partial charge in [0, 0.05) is 59.3 Å². The summed E-state index contributed by atoms with van der Waals surface area (Å²) < 4.78 is 1.77. The van der Waals surface area contributed by atoms with Gasteiger partial charge in [0.1, 0.15) is 11.5 Å². The summed E-state index contributed by atoms with van der Waals surface area (Å²) in [6, 6.07) is 18.9. The predicted octanol–water partition coefficient (Wildman–Crippen LogP) is 4.70. The zero-order valence-corrected chi connectivity index (χ0v) is 23.1. The van der Waals surface area contributed by atoms with Crippen LogP contribution in [0.5, 0.6) is 0 Å². The van der Waals surface area contributed by atoms with Gasteiger partial charge in [0.2, 0.25) is 0 Å². The van der Waals surface area contributed by atoms with Gasteiger partial charge in [-0.1, -0.05) is 6.07 Å². The van der Waals surface area contributed by atoms with Crippen LogP contribution in [0.15, 0.2) is 72.9 Å². The van der Waals surface area contributed by atoms with Crippen molar-refractivity contribution < 1.29 is 14.4 Å². The Balaban J connectivity index is 1.37. The lowest BCUT2D eigenvalue weighted by Crippen LogP contribution is -2.18. The first-order valence-electron chi connectivity index (χ1n) is 12.9. The van der Waals surface area contributed by atoms with Crippen LogP contribution in [-0.2, 0) is 7.05 Å². The van der Waals surface area contributed by atoms with Crippen LogP contribution >= 0.6 is 0 Å². The molecule has 206 valence electrons. The van der Waals surface area contributed by atoms with E-state index in [1.807, 2.05) is 39.1 Å². The maximum atomic E-state index is 13.3. The van der Waals surface area contributed by atoms with Gasteiger partial charge in [-0.15, -0.1) is 0 Å². The highest BCUT2D eigenvalue weighted by Gasteiger charge is 2.17. The number of carbonyl (C=O) groups excluding carboxylic acids is 3. The Morgan fingerprint density at radius 2 is 1.44 bits per heavy atom. The van der Waals surface area contributed by atoms with Gasteiger partial charge < -0.3 is 21.7 Å². The van der Waals surface area contributed by atoms with Crippen molar-refractivity contribution in [3.8, 4) is 11.3 Å². The van der Waals surface area contributed by atoms with Gasteiger partial charge in [0.25, 0.3) is 17.7 Å². The van der Waals surface area contributed by atoms with Crippen LogP contribution < -0.4 is 21.7 Å². The predicted molar refractivity (Wildman–Crippen MR) is 160 cm³/mol. The molecule has 0 fully saturated rings. The smallest absolute Gasteiger partial charge is 0.255 e. The number of benzene rings is 3. The Hall–Kier alpha value is -5.51. The molecule has 3 amide bonds. The van der Waals surface area contributed by atoms with E-state index in [1.54, 1.807) is 66.5 Å². The molecule has 0 saturated heterocycles. The molecule has 5 N–H and O–H groups in total. The quantitative estimate of drug-likeness (QED) is 0.243. The first kappa shape index (κ1) is 27.1. The van der Waals surface area contributed by atoms with E-state index in [1.165, 1.54) is 0 Å². The average Bonchev–Trinajstić information content (AvgIpc) is 3.29. The molecule has 0 saturated carbocycles. The second-order valence-electron chi connectivity index (χ2n) is 9.72. The van der Waals surface area contributed by atoms with Crippen molar-refractivity contribution in [1.82, 2.24) is 20.1 Å². The first-order valence-corrected chi connectivity index (χ1v) is 12.9. The molecule has 0 unspecified atom stereocenters. The highest BCUT2D eigenvalue weighted by Crippen LogP contribution is 2.31. The minimum absolute atomic E-state index is 0.229. The SMILES string of the molecule is CNC(=O)c1ccc(C(=O)Nc2cc(NC(=O)c3ccc4c(c3)c(-c3cnc(N)cc3C)nn4C)ccc2C)cc1. The summed E-state index contributed by atoms with van der Waals surface area (Å²) in [4.78, 5) is 42.2. The molecule has 2 aromatic heterocycles. The van der Waals surface area contributed by atoms with Crippen molar-refractivity contribution in [2.75, 3.05) is 23.4 Å². The fourth-order valence-corrected chi connectivity index (χ4v) is 4.58. The Morgan fingerprint density at radius 1 is 0.780 bits per heavy atom. The van der Waals surface area contributed by atoms with E-state index in [2.05, 4.69) is 26.0 Å². The second-order valence-corrected chi connectivity index (χ2v) is 9.72. The molecule has 0 atom stereocenters. The average molecular weight is 548 g/mol. The minimum atomic E-state index is -0.331. The van der Waals surface area contributed by atoms with E-state index in [0.717, 1.165) is 27.6 Å². The third-order valence-corrected chi connectivity index (χ3v) is 6.88. The molecule has 41 heavy (non-hydrogen) atoms. The number of amides is 3. The van der Waals surface area contributed by atoms with Crippen molar-refractivity contribution in [2.24, 2.45) is 7.05 Å². The van der Waals surface area contributed by atoms with Gasteiger partial charge in [-0.2, -0.15) is 5.10 Å². The molecule has 10 nitrogen and oxygen atoms in total. The fraction of sp³-hybridized carbons (Fsp3) is 0.129. The molecule has 0 spiro atoms. The van der Waals surface area contributed by atoms with Crippen molar-refractivity contribution in [3.05, 3.63) is 101 Å². The van der Waals surface area contributed by atoms with Gasteiger partial charge in [-0.3, -0.25) is 19.1 Å². The fourth-order valence-electron chi connectivity index (χ4n) is 4.58. The number of hydrogen-bond donors (Lipinski definition) is 4. The van der Waals surface area contributed by atoms with Crippen LogP contribution in [0.4, 0.5) is 17.2 Å². The van der Waals surface area contributed by atoms with Crippen LogP contribution in [0.25, 0.3) is 22.2 Å². The number of hydrogen-bond acceptors (Lipinski definition) is 6. The molecule has 5 aromatic rings. The Labute approximate surface area is 236 Å². The van der Waals surface area contributed by atoms with Gasteiger partial charge >= 0.3 is 0 Å². The number of rotatable bonds is 6. The lowest BCUT2D eigenvalue weighted by Gasteiger charge is -2.12. The van der Waals surface area contributed by atoms with Crippen LogP contribution in [0.3, 0.4) is 0 Å². The van der Waals surface area contributed by atoms with Crippen LogP contribution in [0, 0.1) is 13.8 Å². The number of nitrogens with two attached hydrogens (primary N) is 1. The third kappa shape index (κ3) is 5.48. The lowest BCUT2D eigenvalue weighted by atomic mass is 10.0. The summed E-state index contributed by atoms with van der Waals surface area (Å²) in [6.45, 7) is 3.81. The Kier molecular flexibility index (Phi) is 7.22. The standard InChI is InChI=1S/C31H29N7O3/c1-17-5-11-22(15-25(17)36-30(40)20-8-6-19(7-9-20)29(39)33-3)35-31(41)21-10-12-26-23(14-21)28(37-38(26)4)24-16-34-27(32)13-18(24)2/h5-16H,1-4H3,(H2,32,34)(H,33,39)(H,35,41)(H,36,40). The maximum Gasteiger partial charge on any atom is 0.255 e. The van der Waals surface area contributed by atoms with Crippen LogP contribution in [0.1, 0.15) is 42.2 Å². The summed E-state index contributed by atoms with van der Waals surface area (Å²) in [5, 5.41) is 13.8. The number of aryl methyl sites for hydroxylation is 3. The number of nitrogen functional groups attached to an aromatic ring is 1. The second kappa shape index (κ2) is 10.9. The minimum Gasteiger partial charge on any atom is -0.384 e. The van der Waals surface area contributed by atoms with E-state index < -0.39 is 0 Å². The molecule has 0 radical (unpaired) electrons. The number of nitrogens with one attached hydrogen (secondary N) is 3. The van der Waals surface area contributed by atoms with E-state index in [-0.39, 0.29) is 17.7 Å². The van der Waals surface area contributed by atoms with Crippen molar-refractivity contribution in [1.29, 1.82) is 0 Å². The van der Waals surface area contributed by atoms with E-state index in [0.29, 0.717) is 39.6 Å². The Bertz CT molecular complexity index is 1820. The molecule has 5 rings (SSSR count). The van der Waals surface area contributed by atoms with Gasteiger partial charge in [-0.25, -0.2) is 4.98 Å². The maximum absolute atomic E-state index is 13.3. The van der Waals surface area contributed by atoms with Crippen LogP contribution in [0.2, 0.25) is 0 Å². The lowest BCUT2D eigenvalue weighted by molar-refractivity contribution is 0.0960. The number of pyridine rings is 1. The number of nitrogens with zero attached hydrogens (tertiary/aromatic N) is 3. The summed E-state index contributed by atoms with van der Waals surface area (Å²) >= 11 is 0. The molecule has 3 aromatic carbocycles. The van der Waals surface area contributed by atoms with Crippen molar-refractivity contribution >= 4 is 45.8 Å². The Morgan fingerprint density at radius 3 is 2.12 bits per heavy atom. The summed E-state index contributed by atoms with van der Waals surface area (Å²) in [7, 11) is 3.40. The number of anilines is 3. The van der Waals surface area contributed by atoms with Crippen molar-refractivity contribution in [2.45, 2.75) is 13.8 Å². The third-order valence-electron chi connectivity index (χ3n) is 6.88. The van der Waals surface area contributed by atoms with Crippen molar-refractivity contribution in [3.63, 3.8) is 0 Å². The monoisotopic (exact) mass is 547 g/mol. The van der Waals surface area contributed by atoms with Gasteiger partial charge in [0.05, 0.1) is 5.52 Å². The van der Waals surface area contributed by atoms with E-state index >= 15 is 0 Å². The zero-order valence-electron chi connectivity index (χ0n) is 23.1. The molecule has 0 aliphatic carbocycles. The van der Waals surface area contributed by atoms with E-state index in [9.17, 15) is 14.4 Å². The normalized spacial score (nSPS) is 10.8. The summed E-state index contributed by atoms with van der Waals surface area (Å²) in [6.07, 6.45) is 1.69. The van der Waals surface area contributed by atoms with E-state index in [4.69, 9.17) is 5.73 Å². The largest absolute Gasteiger partial charge is 0.384 e. The van der Waals surface area contributed by atoms with Crippen LogP contribution in [-0.4, -0.2) is 39.5 Å². The molecule has 2 heterocycles.